The second-order valence-electron chi connectivity index (χ2n) is 5.81. The van der Waals surface area contributed by atoms with Crippen LogP contribution in [0.15, 0.2) is 54.7 Å². The molecule has 4 nitrogen and oxygen atoms in total. The Hall–Kier alpha value is -2.75. The van der Waals surface area contributed by atoms with E-state index >= 15 is 0 Å². The summed E-state index contributed by atoms with van der Waals surface area (Å²) >= 11 is 0. The molecule has 1 amide bonds. The number of amides is 1. The molecule has 0 saturated heterocycles. The largest absolute Gasteiger partial charge is 0.378 e. The van der Waals surface area contributed by atoms with Crippen molar-refractivity contribution in [3.05, 3.63) is 65.9 Å². The van der Waals surface area contributed by atoms with Crippen molar-refractivity contribution < 1.29 is 4.79 Å². The summed E-state index contributed by atoms with van der Waals surface area (Å²) in [5.41, 5.74) is 4.07. The summed E-state index contributed by atoms with van der Waals surface area (Å²) in [6.45, 7) is 0.618. The van der Waals surface area contributed by atoms with E-state index in [1.165, 1.54) is 10.9 Å². The van der Waals surface area contributed by atoms with Crippen LogP contribution in [0.2, 0.25) is 0 Å². The molecular weight excluding hydrogens is 286 g/mol. The van der Waals surface area contributed by atoms with Gasteiger partial charge in [0.05, 0.1) is 0 Å². The van der Waals surface area contributed by atoms with E-state index in [4.69, 9.17) is 0 Å². The average Bonchev–Trinajstić information content (AvgIpc) is 2.98. The van der Waals surface area contributed by atoms with Gasteiger partial charge in [-0.3, -0.25) is 4.79 Å². The molecular formula is C19H21N3O. The summed E-state index contributed by atoms with van der Waals surface area (Å²) < 4.78 is 0. The van der Waals surface area contributed by atoms with Gasteiger partial charge in [-0.15, -0.1) is 0 Å². The molecule has 4 heteroatoms. The van der Waals surface area contributed by atoms with E-state index in [0.717, 1.165) is 17.6 Å². The minimum atomic E-state index is -0.0338. The van der Waals surface area contributed by atoms with Gasteiger partial charge in [0.1, 0.15) is 0 Å². The standard InChI is InChI=1S/C19H21N3O/c1-22(2)16-7-5-6-14(12-16)19(23)20-11-10-15-13-21-18-9-4-3-8-17(15)18/h3-9,12-13,21H,10-11H2,1-2H3,(H,20,23). The van der Waals surface area contributed by atoms with Gasteiger partial charge < -0.3 is 15.2 Å². The van der Waals surface area contributed by atoms with Gasteiger partial charge in [-0.2, -0.15) is 0 Å². The van der Waals surface area contributed by atoms with E-state index in [9.17, 15) is 4.79 Å². The minimum Gasteiger partial charge on any atom is -0.378 e. The number of H-pyrrole nitrogens is 1. The molecule has 118 valence electrons. The van der Waals surface area contributed by atoms with Gasteiger partial charge in [-0.05, 0) is 36.2 Å². The minimum absolute atomic E-state index is 0.0338. The van der Waals surface area contributed by atoms with E-state index in [1.807, 2.05) is 61.6 Å². The predicted molar refractivity (Wildman–Crippen MR) is 95.1 cm³/mol. The van der Waals surface area contributed by atoms with Crippen LogP contribution in [0.4, 0.5) is 5.69 Å². The molecule has 3 aromatic rings. The highest BCUT2D eigenvalue weighted by Crippen LogP contribution is 2.18. The SMILES string of the molecule is CN(C)c1cccc(C(=O)NCCc2c[nH]c3ccccc23)c1. The molecule has 2 N–H and O–H groups in total. The Morgan fingerprint density at radius 1 is 1.13 bits per heavy atom. The molecule has 0 spiro atoms. The molecule has 2 aromatic carbocycles. The zero-order valence-electron chi connectivity index (χ0n) is 13.5. The Morgan fingerprint density at radius 2 is 1.96 bits per heavy atom. The molecule has 0 bridgehead atoms. The summed E-state index contributed by atoms with van der Waals surface area (Å²) in [4.78, 5) is 17.5. The van der Waals surface area contributed by atoms with Crippen molar-refractivity contribution in [1.82, 2.24) is 10.3 Å². The van der Waals surface area contributed by atoms with E-state index in [1.54, 1.807) is 0 Å². The number of benzene rings is 2. The van der Waals surface area contributed by atoms with Crippen LogP contribution in [-0.2, 0) is 6.42 Å². The lowest BCUT2D eigenvalue weighted by Crippen LogP contribution is -2.25. The van der Waals surface area contributed by atoms with Crippen molar-refractivity contribution in [1.29, 1.82) is 0 Å². The second kappa shape index (κ2) is 6.57. The monoisotopic (exact) mass is 307 g/mol. The molecule has 3 rings (SSSR count). The van der Waals surface area contributed by atoms with E-state index in [-0.39, 0.29) is 5.91 Å². The number of hydrogen-bond donors (Lipinski definition) is 2. The van der Waals surface area contributed by atoms with Gasteiger partial charge in [-0.25, -0.2) is 0 Å². The fourth-order valence-corrected chi connectivity index (χ4v) is 2.68. The van der Waals surface area contributed by atoms with Crippen LogP contribution in [0.1, 0.15) is 15.9 Å². The maximum Gasteiger partial charge on any atom is 0.251 e. The number of hydrogen-bond acceptors (Lipinski definition) is 2. The molecule has 0 aliphatic carbocycles. The van der Waals surface area contributed by atoms with Crippen LogP contribution in [0.3, 0.4) is 0 Å². The predicted octanol–water partition coefficient (Wildman–Crippen LogP) is 3.21. The molecule has 0 saturated carbocycles. The lowest BCUT2D eigenvalue weighted by atomic mass is 10.1. The number of aromatic amines is 1. The van der Waals surface area contributed by atoms with E-state index in [2.05, 4.69) is 22.4 Å². The molecule has 0 atom stereocenters. The van der Waals surface area contributed by atoms with Gasteiger partial charge >= 0.3 is 0 Å². The highest BCUT2D eigenvalue weighted by Gasteiger charge is 2.08. The van der Waals surface area contributed by atoms with E-state index < -0.39 is 0 Å². The number of carbonyl (C=O) groups excluding carboxylic acids is 1. The highest BCUT2D eigenvalue weighted by atomic mass is 16.1. The third-order valence-corrected chi connectivity index (χ3v) is 3.98. The molecule has 23 heavy (non-hydrogen) atoms. The van der Waals surface area contributed by atoms with Crippen LogP contribution in [0.25, 0.3) is 10.9 Å². The Kier molecular flexibility index (Phi) is 4.33. The van der Waals surface area contributed by atoms with E-state index in [0.29, 0.717) is 12.1 Å². The lowest BCUT2D eigenvalue weighted by molar-refractivity contribution is 0.0954. The van der Waals surface area contributed by atoms with Crippen molar-refractivity contribution in [2.45, 2.75) is 6.42 Å². The summed E-state index contributed by atoms with van der Waals surface area (Å²) in [6.07, 6.45) is 2.83. The summed E-state index contributed by atoms with van der Waals surface area (Å²) in [7, 11) is 3.93. The second-order valence-corrected chi connectivity index (χ2v) is 5.81. The number of nitrogens with one attached hydrogen (secondary N) is 2. The van der Waals surface area contributed by atoms with Gasteiger partial charge in [0.15, 0.2) is 0 Å². The Morgan fingerprint density at radius 3 is 2.78 bits per heavy atom. The lowest BCUT2D eigenvalue weighted by Gasteiger charge is -2.13. The van der Waals surface area contributed by atoms with Crippen LogP contribution in [0.5, 0.6) is 0 Å². The van der Waals surface area contributed by atoms with Crippen LogP contribution in [-0.4, -0.2) is 31.5 Å². The Balaban J connectivity index is 1.62. The molecule has 1 heterocycles. The Bertz CT molecular complexity index is 820. The zero-order chi connectivity index (χ0) is 16.2. The fraction of sp³-hybridized carbons (Fsp3) is 0.211. The molecule has 0 radical (unpaired) electrons. The number of carbonyl (C=O) groups is 1. The van der Waals surface area contributed by atoms with Crippen LogP contribution < -0.4 is 10.2 Å². The maximum atomic E-state index is 12.3. The number of para-hydroxylation sites is 1. The van der Waals surface area contributed by atoms with Gasteiger partial charge in [0.2, 0.25) is 0 Å². The quantitative estimate of drug-likeness (QED) is 0.760. The first-order valence-corrected chi connectivity index (χ1v) is 7.76. The van der Waals surface area contributed by atoms with Crippen LogP contribution in [0, 0.1) is 0 Å². The summed E-state index contributed by atoms with van der Waals surface area (Å²) in [6, 6.07) is 15.8. The molecule has 0 aliphatic heterocycles. The fourth-order valence-electron chi connectivity index (χ4n) is 2.68. The van der Waals surface area contributed by atoms with Crippen LogP contribution >= 0.6 is 0 Å². The van der Waals surface area contributed by atoms with Crippen molar-refractivity contribution in [2.75, 3.05) is 25.5 Å². The molecule has 1 aromatic heterocycles. The van der Waals surface area contributed by atoms with Crippen molar-refractivity contribution >= 4 is 22.5 Å². The first-order chi connectivity index (χ1) is 11.1. The smallest absolute Gasteiger partial charge is 0.251 e. The normalized spacial score (nSPS) is 10.7. The molecule has 0 fully saturated rings. The van der Waals surface area contributed by atoms with Crippen molar-refractivity contribution in [3.63, 3.8) is 0 Å². The average molecular weight is 307 g/mol. The van der Waals surface area contributed by atoms with Crippen molar-refractivity contribution in [3.8, 4) is 0 Å². The number of rotatable bonds is 5. The van der Waals surface area contributed by atoms with Gasteiger partial charge in [-0.1, -0.05) is 24.3 Å². The number of fused-ring (bicyclic) bond motifs is 1. The number of aromatic nitrogens is 1. The Labute approximate surface area is 136 Å². The third-order valence-electron chi connectivity index (χ3n) is 3.98. The summed E-state index contributed by atoms with van der Waals surface area (Å²) in [5.74, 6) is -0.0338. The first-order valence-electron chi connectivity index (χ1n) is 7.76. The topological polar surface area (TPSA) is 48.1 Å². The van der Waals surface area contributed by atoms with Gasteiger partial charge in [0.25, 0.3) is 5.91 Å². The maximum absolute atomic E-state index is 12.3. The molecule has 0 unspecified atom stereocenters. The first kappa shape index (κ1) is 15.2. The summed E-state index contributed by atoms with van der Waals surface area (Å²) in [5, 5.41) is 4.22. The number of nitrogens with zero attached hydrogens (tertiary/aromatic N) is 1. The van der Waals surface area contributed by atoms with Gasteiger partial charge in [0, 0.05) is 49.0 Å². The third kappa shape index (κ3) is 3.37. The number of anilines is 1. The zero-order valence-corrected chi connectivity index (χ0v) is 13.5. The van der Waals surface area contributed by atoms with Crippen molar-refractivity contribution in [2.24, 2.45) is 0 Å². The molecule has 0 aliphatic rings. The highest BCUT2D eigenvalue weighted by molar-refractivity contribution is 5.95.